The van der Waals surface area contributed by atoms with Gasteiger partial charge < -0.3 is 21.7 Å². The highest BCUT2D eigenvalue weighted by Gasteiger charge is 2.17. The van der Waals surface area contributed by atoms with Crippen molar-refractivity contribution in [2.45, 2.75) is 18.9 Å². The molecule has 8 nitrogen and oxygen atoms in total. The van der Waals surface area contributed by atoms with Crippen molar-refractivity contribution in [3.8, 4) is 0 Å². The van der Waals surface area contributed by atoms with Crippen molar-refractivity contribution in [3.05, 3.63) is 42.2 Å². The molecular formula is C16H20N6O2. The van der Waals surface area contributed by atoms with Gasteiger partial charge in [-0.1, -0.05) is 6.07 Å². The van der Waals surface area contributed by atoms with Crippen molar-refractivity contribution in [1.29, 1.82) is 0 Å². The topological polar surface area (TPSA) is 114 Å². The minimum atomic E-state index is -0.654. The maximum Gasteiger partial charge on any atom is 0.316 e. The Balaban J connectivity index is 1.66. The van der Waals surface area contributed by atoms with Crippen molar-refractivity contribution in [1.82, 2.24) is 15.1 Å². The molecule has 0 aliphatic carbocycles. The van der Waals surface area contributed by atoms with Crippen LogP contribution in [0.1, 0.15) is 29.4 Å². The summed E-state index contributed by atoms with van der Waals surface area (Å²) in [5.74, 6) is -0.297. The molecule has 2 aromatic rings. The maximum absolute atomic E-state index is 12.3. The fraction of sp³-hybridized carbons (Fsp3) is 0.312. The van der Waals surface area contributed by atoms with Gasteiger partial charge in [-0.25, -0.2) is 4.79 Å². The zero-order chi connectivity index (χ0) is 16.9. The van der Waals surface area contributed by atoms with E-state index in [1.165, 1.54) is 0 Å². The Labute approximate surface area is 139 Å². The number of hydrogen-bond donors (Lipinski definition) is 4. The number of nitrogens with one attached hydrogen (secondary N) is 3. The summed E-state index contributed by atoms with van der Waals surface area (Å²) in [6.07, 6.45) is 3.99. The lowest BCUT2D eigenvalue weighted by Gasteiger charge is -2.22. The molecule has 1 unspecified atom stereocenters. The van der Waals surface area contributed by atoms with Crippen LogP contribution in [0.4, 0.5) is 16.2 Å². The third-order valence-electron chi connectivity index (χ3n) is 3.87. The zero-order valence-electron chi connectivity index (χ0n) is 13.2. The first-order valence-electron chi connectivity index (χ1n) is 7.85. The summed E-state index contributed by atoms with van der Waals surface area (Å²) in [6, 6.07) is 8.09. The van der Waals surface area contributed by atoms with E-state index in [-0.39, 0.29) is 11.9 Å². The number of anilines is 2. The molecule has 126 valence electrons. The van der Waals surface area contributed by atoms with Crippen LogP contribution in [0.2, 0.25) is 0 Å². The van der Waals surface area contributed by atoms with E-state index in [9.17, 15) is 9.59 Å². The molecule has 8 heteroatoms. The van der Waals surface area contributed by atoms with E-state index in [0.29, 0.717) is 17.1 Å². The summed E-state index contributed by atoms with van der Waals surface area (Å²) in [5, 5.41) is 12.9. The van der Waals surface area contributed by atoms with Gasteiger partial charge in [0, 0.05) is 24.1 Å². The molecule has 0 saturated carbocycles. The molecule has 0 radical (unpaired) electrons. The first-order chi connectivity index (χ1) is 11.6. The molecular weight excluding hydrogens is 308 g/mol. The molecule has 0 spiro atoms. The average molecular weight is 328 g/mol. The number of amides is 3. The highest BCUT2D eigenvalue weighted by Crippen LogP contribution is 2.18. The van der Waals surface area contributed by atoms with Gasteiger partial charge in [-0.05, 0) is 43.7 Å². The number of nitrogens with two attached hydrogens (primary N) is 1. The van der Waals surface area contributed by atoms with Gasteiger partial charge in [0.05, 0.1) is 6.04 Å². The number of hydrogen-bond acceptors (Lipinski definition) is 4. The lowest BCUT2D eigenvalue weighted by Crippen LogP contribution is -2.32. The van der Waals surface area contributed by atoms with Gasteiger partial charge in [0.15, 0.2) is 5.69 Å². The maximum atomic E-state index is 12.3. The van der Waals surface area contributed by atoms with Crippen LogP contribution in [0.5, 0.6) is 0 Å². The Bertz CT molecular complexity index is 736. The van der Waals surface area contributed by atoms with E-state index < -0.39 is 6.03 Å². The zero-order valence-corrected chi connectivity index (χ0v) is 13.2. The Hall–Kier alpha value is -2.87. The van der Waals surface area contributed by atoms with Crippen LogP contribution in [0, 0.1) is 0 Å². The van der Waals surface area contributed by atoms with E-state index in [4.69, 9.17) is 5.73 Å². The minimum Gasteiger partial charge on any atom is -0.351 e. The van der Waals surface area contributed by atoms with Gasteiger partial charge in [-0.3, -0.25) is 9.48 Å². The molecule has 1 aromatic heterocycles. The molecule has 5 N–H and O–H groups in total. The van der Waals surface area contributed by atoms with Gasteiger partial charge in [0.25, 0.3) is 5.91 Å². The van der Waals surface area contributed by atoms with Gasteiger partial charge in [0.2, 0.25) is 0 Å². The Kier molecular flexibility index (Phi) is 4.76. The SMILES string of the molecule is NC(=O)Nc1cccc(NC(=O)c2ccn(C3CCCNC3)n2)c1. The van der Waals surface area contributed by atoms with Crippen LogP contribution < -0.4 is 21.7 Å². The number of urea groups is 1. The highest BCUT2D eigenvalue weighted by atomic mass is 16.2. The molecule has 1 aliphatic rings. The second-order valence-electron chi connectivity index (χ2n) is 5.71. The fourth-order valence-corrected chi connectivity index (χ4v) is 2.73. The van der Waals surface area contributed by atoms with Gasteiger partial charge >= 0.3 is 6.03 Å². The third kappa shape index (κ3) is 3.90. The Morgan fingerprint density at radius 2 is 2.04 bits per heavy atom. The van der Waals surface area contributed by atoms with Crippen LogP contribution in [-0.2, 0) is 0 Å². The van der Waals surface area contributed by atoms with E-state index in [1.807, 2.05) is 10.9 Å². The molecule has 3 amide bonds. The number of carbonyl (C=O) groups is 2. The Morgan fingerprint density at radius 1 is 1.25 bits per heavy atom. The smallest absolute Gasteiger partial charge is 0.316 e. The lowest BCUT2D eigenvalue weighted by atomic mass is 10.1. The van der Waals surface area contributed by atoms with Gasteiger partial charge in [-0.2, -0.15) is 5.10 Å². The first-order valence-corrected chi connectivity index (χ1v) is 7.85. The monoisotopic (exact) mass is 328 g/mol. The Morgan fingerprint density at radius 3 is 2.75 bits per heavy atom. The number of benzene rings is 1. The molecule has 24 heavy (non-hydrogen) atoms. The summed E-state index contributed by atoms with van der Waals surface area (Å²) in [6.45, 7) is 1.89. The van der Waals surface area contributed by atoms with E-state index in [2.05, 4.69) is 21.0 Å². The van der Waals surface area contributed by atoms with Crippen LogP contribution >= 0.6 is 0 Å². The standard InChI is InChI=1S/C16H20N6O2/c17-16(24)20-12-4-1-3-11(9-12)19-15(23)14-6-8-22(21-14)13-5-2-7-18-10-13/h1,3-4,6,8-9,13,18H,2,5,7,10H2,(H,19,23)(H3,17,20,24). The van der Waals surface area contributed by atoms with Gasteiger partial charge in [-0.15, -0.1) is 0 Å². The predicted molar refractivity (Wildman–Crippen MR) is 91.0 cm³/mol. The normalized spacial score (nSPS) is 17.2. The number of aromatic nitrogens is 2. The van der Waals surface area contributed by atoms with E-state index in [0.717, 1.165) is 25.9 Å². The summed E-state index contributed by atoms with van der Waals surface area (Å²) >= 11 is 0. The second kappa shape index (κ2) is 7.14. The molecule has 1 fully saturated rings. The number of nitrogens with zero attached hydrogens (tertiary/aromatic N) is 2. The van der Waals surface area contributed by atoms with Crippen LogP contribution in [0.3, 0.4) is 0 Å². The first kappa shape index (κ1) is 16.0. The largest absolute Gasteiger partial charge is 0.351 e. The molecule has 0 bridgehead atoms. The molecule has 1 atom stereocenters. The molecule has 2 heterocycles. The summed E-state index contributed by atoms with van der Waals surface area (Å²) in [4.78, 5) is 23.2. The van der Waals surface area contributed by atoms with Crippen LogP contribution in [0.25, 0.3) is 0 Å². The fourth-order valence-electron chi connectivity index (χ4n) is 2.73. The molecule has 3 rings (SSSR count). The van der Waals surface area contributed by atoms with Crippen molar-refractivity contribution in [2.24, 2.45) is 5.73 Å². The summed E-state index contributed by atoms with van der Waals surface area (Å²) in [5.41, 5.74) is 6.51. The number of primary amides is 1. The predicted octanol–water partition coefficient (Wildman–Crippen LogP) is 1.55. The molecule has 1 aromatic carbocycles. The van der Waals surface area contributed by atoms with E-state index in [1.54, 1.807) is 30.3 Å². The summed E-state index contributed by atoms with van der Waals surface area (Å²) in [7, 11) is 0. The van der Waals surface area contributed by atoms with E-state index >= 15 is 0 Å². The van der Waals surface area contributed by atoms with Crippen molar-refractivity contribution in [3.63, 3.8) is 0 Å². The van der Waals surface area contributed by atoms with Crippen molar-refractivity contribution in [2.75, 3.05) is 23.7 Å². The van der Waals surface area contributed by atoms with Crippen molar-refractivity contribution < 1.29 is 9.59 Å². The quantitative estimate of drug-likeness (QED) is 0.681. The summed E-state index contributed by atoms with van der Waals surface area (Å²) < 4.78 is 1.84. The van der Waals surface area contributed by atoms with Gasteiger partial charge in [0.1, 0.15) is 0 Å². The second-order valence-corrected chi connectivity index (χ2v) is 5.71. The molecule has 1 saturated heterocycles. The van der Waals surface area contributed by atoms with Crippen LogP contribution in [-0.4, -0.2) is 34.8 Å². The number of rotatable bonds is 4. The number of piperidine rings is 1. The van der Waals surface area contributed by atoms with Crippen molar-refractivity contribution >= 4 is 23.3 Å². The average Bonchev–Trinajstić information content (AvgIpc) is 3.05. The third-order valence-corrected chi connectivity index (χ3v) is 3.87. The van der Waals surface area contributed by atoms with Crippen LogP contribution in [0.15, 0.2) is 36.5 Å². The highest BCUT2D eigenvalue weighted by molar-refractivity contribution is 6.03. The molecule has 1 aliphatic heterocycles. The number of carbonyl (C=O) groups excluding carboxylic acids is 2. The minimum absolute atomic E-state index is 0.281. The lowest BCUT2D eigenvalue weighted by molar-refractivity contribution is 0.102.